The van der Waals surface area contributed by atoms with Crippen LogP contribution >= 0.6 is 0 Å². The van der Waals surface area contributed by atoms with Crippen LogP contribution in [0.1, 0.15) is 6.42 Å². The summed E-state index contributed by atoms with van der Waals surface area (Å²) in [6, 6.07) is 6.14. The van der Waals surface area contributed by atoms with Crippen LogP contribution in [0.25, 0.3) is 11.1 Å². The van der Waals surface area contributed by atoms with Gasteiger partial charge in [-0.05, 0) is 17.7 Å². The maximum Gasteiger partial charge on any atom is 0.305 e. The smallest absolute Gasteiger partial charge is 0.305 e. The Kier molecular flexibility index (Phi) is 4.02. The minimum absolute atomic E-state index is 0.00495. The molecular formula is C13H12FN3O2. The third-order valence-electron chi connectivity index (χ3n) is 2.43. The van der Waals surface area contributed by atoms with Gasteiger partial charge < -0.3 is 10.4 Å². The van der Waals surface area contributed by atoms with Crippen LogP contribution in [0, 0.1) is 5.82 Å². The van der Waals surface area contributed by atoms with Crippen LogP contribution in [-0.2, 0) is 4.79 Å². The number of halogens is 1. The van der Waals surface area contributed by atoms with Crippen molar-refractivity contribution in [2.24, 2.45) is 0 Å². The molecule has 1 heterocycles. The average Bonchev–Trinajstić information content (AvgIpc) is 2.39. The van der Waals surface area contributed by atoms with E-state index in [1.165, 1.54) is 12.1 Å². The van der Waals surface area contributed by atoms with Crippen molar-refractivity contribution in [1.29, 1.82) is 0 Å². The van der Waals surface area contributed by atoms with Crippen molar-refractivity contribution in [2.45, 2.75) is 6.42 Å². The van der Waals surface area contributed by atoms with E-state index in [1.54, 1.807) is 24.5 Å². The minimum atomic E-state index is -0.885. The van der Waals surface area contributed by atoms with E-state index in [9.17, 15) is 9.18 Å². The summed E-state index contributed by atoms with van der Waals surface area (Å²) in [5, 5.41) is 11.3. The number of nitrogens with one attached hydrogen (secondary N) is 1. The van der Waals surface area contributed by atoms with Crippen LogP contribution in [-0.4, -0.2) is 27.6 Å². The Hall–Kier alpha value is -2.50. The first-order chi connectivity index (χ1) is 9.15. The van der Waals surface area contributed by atoms with Crippen LogP contribution in [0.4, 0.5) is 10.3 Å². The third kappa shape index (κ3) is 3.74. The number of carboxylic acids is 1. The summed E-state index contributed by atoms with van der Waals surface area (Å²) in [7, 11) is 0. The van der Waals surface area contributed by atoms with E-state index in [2.05, 4.69) is 15.3 Å². The molecule has 0 aliphatic rings. The fourth-order valence-electron chi connectivity index (χ4n) is 1.52. The molecule has 6 heteroatoms. The Morgan fingerprint density at radius 3 is 2.63 bits per heavy atom. The van der Waals surface area contributed by atoms with Gasteiger partial charge in [-0.2, -0.15) is 0 Å². The molecule has 98 valence electrons. The van der Waals surface area contributed by atoms with Gasteiger partial charge in [0.15, 0.2) is 0 Å². The molecule has 0 amide bonds. The van der Waals surface area contributed by atoms with Crippen LogP contribution in [0.5, 0.6) is 0 Å². The highest BCUT2D eigenvalue weighted by Gasteiger charge is 2.02. The number of hydrogen-bond acceptors (Lipinski definition) is 4. The van der Waals surface area contributed by atoms with Crippen molar-refractivity contribution >= 4 is 11.9 Å². The van der Waals surface area contributed by atoms with Crippen molar-refractivity contribution in [3.63, 3.8) is 0 Å². The lowest BCUT2D eigenvalue weighted by Gasteiger charge is -2.04. The Morgan fingerprint density at radius 2 is 2.00 bits per heavy atom. The van der Waals surface area contributed by atoms with E-state index < -0.39 is 5.97 Å². The zero-order valence-corrected chi connectivity index (χ0v) is 10.0. The van der Waals surface area contributed by atoms with E-state index in [-0.39, 0.29) is 18.8 Å². The molecule has 0 bridgehead atoms. The predicted octanol–water partition coefficient (Wildman–Crippen LogP) is 2.17. The van der Waals surface area contributed by atoms with E-state index in [4.69, 9.17) is 5.11 Å². The molecule has 2 aromatic rings. The van der Waals surface area contributed by atoms with Crippen LogP contribution < -0.4 is 5.32 Å². The SMILES string of the molecule is O=C(O)CCNc1ncc(-c2cccc(F)c2)cn1. The van der Waals surface area contributed by atoms with Crippen LogP contribution in [0.3, 0.4) is 0 Å². The molecule has 0 aliphatic heterocycles. The Morgan fingerprint density at radius 1 is 1.26 bits per heavy atom. The van der Waals surface area contributed by atoms with Crippen molar-refractivity contribution in [3.8, 4) is 11.1 Å². The highest BCUT2D eigenvalue weighted by Crippen LogP contribution is 2.18. The monoisotopic (exact) mass is 261 g/mol. The van der Waals surface area contributed by atoms with E-state index in [1.807, 2.05) is 0 Å². The molecule has 5 nitrogen and oxygen atoms in total. The van der Waals surface area contributed by atoms with Crippen LogP contribution in [0.2, 0.25) is 0 Å². The molecule has 0 saturated carbocycles. The number of carbonyl (C=O) groups is 1. The molecule has 0 fully saturated rings. The summed E-state index contributed by atoms with van der Waals surface area (Å²) in [5.41, 5.74) is 1.39. The van der Waals surface area contributed by atoms with Gasteiger partial charge >= 0.3 is 5.97 Å². The molecule has 1 aromatic carbocycles. The number of aliphatic carboxylic acids is 1. The summed E-state index contributed by atoms with van der Waals surface area (Å²) in [6.45, 7) is 0.259. The van der Waals surface area contributed by atoms with Crippen LogP contribution in [0.15, 0.2) is 36.7 Å². The summed E-state index contributed by atoms with van der Waals surface area (Å²) in [4.78, 5) is 18.4. The van der Waals surface area contributed by atoms with Gasteiger partial charge in [-0.1, -0.05) is 12.1 Å². The van der Waals surface area contributed by atoms with Gasteiger partial charge in [0.05, 0.1) is 6.42 Å². The first-order valence-electron chi connectivity index (χ1n) is 5.69. The van der Waals surface area contributed by atoms with Gasteiger partial charge in [0.2, 0.25) is 5.95 Å². The largest absolute Gasteiger partial charge is 0.481 e. The Bertz CT molecular complexity index is 572. The topological polar surface area (TPSA) is 75.1 Å². The maximum atomic E-state index is 13.1. The molecule has 0 atom stereocenters. The lowest BCUT2D eigenvalue weighted by Crippen LogP contribution is -2.09. The maximum absolute atomic E-state index is 13.1. The molecule has 2 rings (SSSR count). The van der Waals surface area contributed by atoms with E-state index in [0.29, 0.717) is 17.1 Å². The molecule has 1 aromatic heterocycles. The lowest BCUT2D eigenvalue weighted by atomic mass is 10.1. The van der Waals surface area contributed by atoms with Gasteiger partial charge in [0, 0.05) is 24.5 Å². The summed E-state index contributed by atoms with van der Waals surface area (Å²) >= 11 is 0. The number of nitrogens with zero attached hydrogens (tertiary/aromatic N) is 2. The van der Waals surface area contributed by atoms with E-state index >= 15 is 0 Å². The fourth-order valence-corrected chi connectivity index (χ4v) is 1.52. The van der Waals surface area contributed by atoms with Gasteiger partial charge in [0.25, 0.3) is 0 Å². The number of benzene rings is 1. The standard InChI is InChI=1S/C13H12FN3O2/c14-11-3-1-2-9(6-11)10-7-16-13(17-8-10)15-5-4-12(18)19/h1-3,6-8H,4-5H2,(H,18,19)(H,15,16,17). The predicted molar refractivity (Wildman–Crippen MR) is 68.2 cm³/mol. The zero-order valence-electron chi connectivity index (χ0n) is 10.0. The Balaban J connectivity index is 2.04. The average molecular weight is 261 g/mol. The minimum Gasteiger partial charge on any atom is -0.481 e. The van der Waals surface area contributed by atoms with Crippen molar-refractivity contribution in [1.82, 2.24) is 9.97 Å². The summed E-state index contributed by atoms with van der Waals surface area (Å²) in [6.07, 6.45) is 3.12. The summed E-state index contributed by atoms with van der Waals surface area (Å²) in [5.74, 6) is -0.855. The molecule has 2 N–H and O–H groups in total. The van der Waals surface area contributed by atoms with Crippen molar-refractivity contribution in [2.75, 3.05) is 11.9 Å². The highest BCUT2D eigenvalue weighted by molar-refractivity contribution is 5.67. The van der Waals surface area contributed by atoms with Crippen molar-refractivity contribution in [3.05, 3.63) is 42.5 Å². The first-order valence-corrected chi connectivity index (χ1v) is 5.69. The number of hydrogen-bond donors (Lipinski definition) is 2. The van der Waals surface area contributed by atoms with E-state index in [0.717, 1.165) is 0 Å². The zero-order chi connectivity index (χ0) is 13.7. The second kappa shape index (κ2) is 5.90. The second-order valence-corrected chi connectivity index (χ2v) is 3.88. The third-order valence-corrected chi connectivity index (χ3v) is 2.43. The first kappa shape index (κ1) is 12.9. The van der Waals surface area contributed by atoms with Crippen molar-refractivity contribution < 1.29 is 14.3 Å². The Labute approximate surface area is 109 Å². The number of rotatable bonds is 5. The molecule has 0 unspecified atom stereocenters. The quantitative estimate of drug-likeness (QED) is 0.862. The van der Waals surface area contributed by atoms with Gasteiger partial charge in [-0.25, -0.2) is 14.4 Å². The lowest BCUT2D eigenvalue weighted by molar-refractivity contribution is -0.136. The number of anilines is 1. The molecule has 19 heavy (non-hydrogen) atoms. The normalized spacial score (nSPS) is 10.2. The molecular weight excluding hydrogens is 249 g/mol. The molecule has 0 radical (unpaired) electrons. The molecule has 0 saturated heterocycles. The number of carboxylic acid groups (broad SMARTS) is 1. The van der Waals surface area contributed by atoms with Gasteiger partial charge in [0.1, 0.15) is 5.82 Å². The summed E-state index contributed by atoms with van der Waals surface area (Å²) < 4.78 is 13.1. The van der Waals surface area contributed by atoms with Gasteiger partial charge in [-0.15, -0.1) is 0 Å². The highest BCUT2D eigenvalue weighted by atomic mass is 19.1. The molecule has 0 aliphatic carbocycles. The number of aromatic nitrogens is 2. The fraction of sp³-hybridized carbons (Fsp3) is 0.154. The second-order valence-electron chi connectivity index (χ2n) is 3.88. The van der Waals surface area contributed by atoms with Gasteiger partial charge in [-0.3, -0.25) is 4.79 Å². The molecule has 0 spiro atoms.